The van der Waals surface area contributed by atoms with E-state index in [1.165, 1.54) is 11.3 Å². The molecule has 0 saturated heterocycles. The lowest BCUT2D eigenvalue weighted by molar-refractivity contribution is 0.885. The first kappa shape index (κ1) is 12.5. The van der Waals surface area contributed by atoms with Gasteiger partial charge in [0.1, 0.15) is 5.69 Å². The number of nitrogen functional groups attached to an aromatic ring is 1. The summed E-state index contributed by atoms with van der Waals surface area (Å²) in [4.78, 5) is 0. The van der Waals surface area contributed by atoms with Gasteiger partial charge in [-0.05, 0) is 18.2 Å². The maximum absolute atomic E-state index is 6.15. The highest BCUT2D eigenvalue weighted by atomic mass is 35.5. The number of benzene rings is 1. The molecule has 0 aliphatic heterocycles. The molecule has 3 aromatic rings. The number of nitrogens with two attached hydrogens (primary N) is 1. The first-order valence-corrected chi connectivity index (χ1v) is 7.13. The molecule has 2 heterocycles. The van der Waals surface area contributed by atoms with Crippen LogP contribution >= 0.6 is 34.5 Å². The maximum Gasteiger partial charge on any atom is 0.117 e. The monoisotopic (exact) mass is 309 g/mol. The summed E-state index contributed by atoms with van der Waals surface area (Å²) in [6.45, 7) is 0. The van der Waals surface area contributed by atoms with Crippen LogP contribution in [0.1, 0.15) is 0 Å². The van der Waals surface area contributed by atoms with E-state index < -0.39 is 0 Å². The largest absolute Gasteiger partial charge is 0.396 e. The van der Waals surface area contributed by atoms with Crippen molar-refractivity contribution in [2.24, 2.45) is 0 Å². The number of nitrogens with zero attached hydrogens (tertiary/aromatic N) is 2. The minimum atomic E-state index is 0.592. The summed E-state index contributed by atoms with van der Waals surface area (Å²) in [5.41, 5.74) is 9.02. The van der Waals surface area contributed by atoms with Crippen LogP contribution in [-0.2, 0) is 0 Å². The molecule has 3 rings (SSSR count). The van der Waals surface area contributed by atoms with Crippen LogP contribution in [0.4, 0.5) is 5.69 Å². The van der Waals surface area contributed by atoms with Crippen molar-refractivity contribution in [2.75, 3.05) is 5.73 Å². The second-order valence-electron chi connectivity index (χ2n) is 3.97. The third-order valence-corrected chi connectivity index (χ3v) is 4.09. The predicted molar refractivity (Wildman–Crippen MR) is 81.3 cm³/mol. The summed E-state index contributed by atoms with van der Waals surface area (Å²) < 4.78 is 2.39. The minimum Gasteiger partial charge on any atom is -0.396 e. The third-order valence-electron chi connectivity index (χ3n) is 2.68. The average molecular weight is 310 g/mol. The van der Waals surface area contributed by atoms with Crippen LogP contribution < -0.4 is 5.73 Å². The molecule has 0 saturated carbocycles. The van der Waals surface area contributed by atoms with Crippen molar-refractivity contribution in [3.63, 3.8) is 0 Å². The van der Waals surface area contributed by atoms with E-state index in [0.717, 1.165) is 11.3 Å². The first-order chi connectivity index (χ1) is 9.15. The lowest BCUT2D eigenvalue weighted by Gasteiger charge is -2.02. The van der Waals surface area contributed by atoms with Crippen LogP contribution in [0.2, 0.25) is 9.36 Å². The van der Waals surface area contributed by atoms with Crippen molar-refractivity contribution in [3.8, 4) is 16.9 Å². The fourth-order valence-electron chi connectivity index (χ4n) is 1.81. The standard InChI is InChI=1S/C13H9Cl2N3S/c14-9-3-1-2-4-11(9)18-6-10(16)13(17-18)8-5-12(15)19-7-8/h1-7H,16H2. The number of thiophene rings is 1. The van der Waals surface area contributed by atoms with E-state index in [0.29, 0.717) is 20.7 Å². The second kappa shape index (κ2) is 4.89. The van der Waals surface area contributed by atoms with Gasteiger partial charge in [-0.2, -0.15) is 5.10 Å². The van der Waals surface area contributed by atoms with Gasteiger partial charge >= 0.3 is 0 Å². The first-order valence-electron chi connectivity index (χ1n) is 5.49. The van der Waals surface area contributed by atoms with E-state index >= 15 is 0 Å². The minimum absolute atomic E-state index is 0.592. The number of para-hydroxylation sites is 1. The Labute approximate surface area is 124 Å². The van der Waals surface area contributed by atoms with Crippen LogP contribution in [0.15, 0.2) is 41.9 Å². The van der Waals surface area contributed by atoms with E-state index in [-0.39, 0.29) is 0 Å². The van der Waals surface area contributed by atoms with E-state index in [1.807, 2.05) is 35.7 Å². The number of rotatable bonds is 2. The lowest BCUT2D eigenvalue weighted by Crippen LogP contribution is -1.95. The van der Waals surface area contributed by atoms with Gasteiger partial charge in [0.2, 0.25) is 0 Å². The van der Waals surface area contributed by atoms with E-state index in [1.54, 1.807) is 10.9 Å². The van der Waals surface area contributed by atoms with Gasteiger partial charge in [0, 0.05) is 10.9 Å². The fourth-order valence-corrected chi connectivity index (χ4v) is 2.89. The molecule has 96 valence electrons. The average Bonchev–Trinajstić information content (AvgIpc) is 2.96. The predicted octanol–water partition coefficient (Wildman–Crippen LogP) is 4.49. The normalized spacial score (nSPS) is 10.8. The molecule has 0 radical (unpaired) electrons. The molecule has 2 aromatic heterocycles. The van der Waals surface area contributed by atoms with Crippen LogP contribution in [-0.4, -0.2) is 9.78 Å². The Morgan fingerprint density at radius 1 is 1.21 bits per heavy atom. The van der Waals surface area contributed by atoms with Gasteiger partial charge in [-0.25, -0.2) is 4.68 Å². The highest BCUT2D eigenvalue weighted by Crippen LogP contribution is 2.32. The molecule has 0 atom stereocenters. The Hall–Kier alpha value is -1.49. The molecule has 0 aliphatic carbocycles. The van der Waals surface area contributed by atoms with Gasteiger partial charge in [-0.1, -0.05) is 35.3 Å². The fraction of sp³-hybridized carbons (Fsp3) is 0. The maximum atomic E-state index is 6.15. The molecule has 0 unspecified atom stereocenters. The highest BCUT2D eigenvalue weighted by molar-refractivity contribution is 7.14. The van der Waals surface area contributed by atoms with Crippen molar-refractivity contribution < 1.29 is 0 Å². The van der Waals surface area contributed by atoms with E-state index in [9.17, 15) is 0 Å². The zero-order valence-electron chi connectivity index (χ0n) is 9.68. The van der Waals surface area contributed by atoms with Crippen LogP contribution in [0.25, 0.3) is 16.9 Å². The third kappa shape index (κ3) is 2.34. The molecular formula is C13H9Cl2N3S. The van der Waals surface area contributed by atoms with Crippen molar-refractivity contribution in [3.05, 3.63) is 51.3 Å². The zero-order valence-corrected chi connectivity index (χ0v) is 12.0. The molecule has 0 amide bonds. The van der Waals surface area contributed by atoms with Gasteiger partial charge in [-0.3, -0.25) is 0 Å². The zero-order chi connectivity index (χ0) is 13.4. The summed E-state index contributed by atoms with van der Waals surface area (Å²) >= 11 is 13.5. The van der Waals surface area contributed by atoms with Crippen molar-refractivity contribution in [2.45, 2.75) is 0 Å². The molecule has 0 bridgehead atoms. The summed E-state index contributed by atoms with van der Waals surface area (Å²) in [6.07, 6.45) is 1.75. The molecule has 1 aromatic carbocycles. The van der Waals surface area contributed by atoms with Crippen LogP contribution in [0.3, 0.4) is 0 Å². The quantitative estimate of drug-likeness (QED) is 0.758. The second-order valence-corrected chi connectivity index (χ2v) is 5.92. The van der Waals surface area contributed by atoms with Crippen LogP contribution in [0.5, 0.6) is 0 Å². The number of hydrogen-bond acceptors (Lipinski definition) is 3. The Kier molecular flexibility index (Phi) is 3.22. The smallest absolute Gasteiger partial charge is 0.117 e. The summed E-state index contributed by atoms with van der Waals surface area (Å²) in [5.74, 6) is 0. The van der Waals surface area contributed by atoms with Crippen molar-refractivity contribution >= 4 is 40.2 Å². The Morgan fingerprint density at radius 2 is 2.00 bits per heavy atom. The molecular weight excluding hydrogens is 301 g/mol. The molecule has 2 N–H and O–H groups in total. The molecule has 6 heteroatoms. The van der Waals surface area contributed by atoms with Crippen LogP contribution in [0, 0.1) is 0 Å². The van der Waals surface area contributed by atoms with Gasteiger partial charge in [-0.15, -0.1) is 11.3 Å². The molecule has 0 aliphatic rings. The van der Waals surface area contributed by atoms with E-state index in [2.05, 4.69) is 5.10 Å². The van der Waals surface area contributed by atoms with E-state index in [4.69, 9.17) is 28.9 Å². The number of aromatic nitrogens is 2. The van der Waals surface area contributed by atoms with Crippen molar-refractivity contribution in [1.82, 2.24) is 9.78 Å². The van der Waals surface area contributed by atoms with Gasteiger partial charge in [0.25, 0.3) is 0 Å². The number of hydrogen-bond donors (Lipinski definition) is 1. The topological polar surface area (TPSA) is 43.8 Å². The molecule has 0 spiro atoms. The Bertz CT molecular complexity index is 733. The highest BCUT2D eigenvalue weighted by Gasteiger charge is 2.12. The Morgan fingerprint density at radius 3 is 2.68 bits per heavy atom. The lowest BCUT2D eigenvalue weighted by atomic mass is 10.2. The molecule has 0 fully saturated rings. The van der Waals surface area contributed by atoms with Gasteiger partial charge in [0.15, 0.2) is 0 Å². The summed E-state index contributed by atoms with van der Waals surface area (Å²) in [7, 11) is 0. The van der Waals surface area contributed by atoms with Gasteiger partial charge < -0.3 is 5.73 Å². The molecule has 19 heavy (non-hydrogen) atoms. The van der Waals surface area contributed by atoms with Gasteiger partial charge in [0.05, 0.1) is 26.9 Å². The molecule has 3 nitrogen and oxygen atoms in total. The summed E-state index contributed by atoms with van der Waals surface area (Å²) in [5, 5.41) is 7.03. The number of anilines is 1. The number of halogens is 2. The SMILES string of the molecule is Nc1cn(-c2ccccc2Cl)nc1-c1csc(Cl)c1. The van der Waals surface area contributed by atoms with Crippen molar-refractivity contribution in [1.29, 1.82) is 0 Å². The Balaban J connectivity index is 2.10. The summed E-state index contributed by atoms with van der Waals surface area (Å²) in [6, 6.07) is 9.33.